The van der Waals surface area contributed by atoms with E-state index in [-0.39, 0.29) is 5.02 Å². The number of halogens is 2. The number of hydrogen-bond donors (Lipinski definition) is 1. The number of rotatable bonds is 8. The van der Waals surface area contributed by atoms with Crippen molar-refractivity contribution in [1.29, 1.82) is 0 Å². The van der Waals surface area contributed by atoms with Crippen LogP contribution in [0.3, 0.4) is 0 Å². The molecule has 0 saturated carbocycles. The number of carbonyl (C=O) groups excluding carboxylic acids is 1. The van der Waals surface area contributed by atoms with E-state index in [1.54, 1.807) is 0 Å². The summed E-state index contributed by atoms with van der Waals surface area (Å²) in [7, 11) is 1.32. The van der Waals surface area contributed by atoms with E-state index in [4.69, 9.17) is 16.3 Å². The van der Waals surface area contributed by atoms with Crippen LogP contribution in [0, 0.1) is 5.82 Å². The molecule has 118 valence electrons. The molecule has 0 spiro atoms. The first-order valence-corrected chi connectivity index (χ1v) is 7.39. The topological polar surface area (TPSA) is 41.6 Å². The molecular weight excluding hydrogens is 295 g/mol. The zero-order valence-electron chi connectivity index (χ0n) is 12.7. The van der Waals surface area contributed by atoms with Crippen molar-refractivity contribution in [3.63, 3.8) is 0 Å². The molecule has 0 aromatic heterocycles. The maximum absolute atomic E-state index is 13.1. The Morgan fingerprint density at radius 3 is 2.62 bits per heavy atom. The second-order valence-corrected chi connectivity index (χ2v) is 5.01. The van der Waals surface area contributed by atoms with Gasteiger partial charge in [0.05, 0.1) is 7.11 Å². The van der Waals surface area contributed by atoms with Gasteiger partial charge in [-0.1, -0.05) is 31.5 Å². The second-order valence-electron chi connectivity index (χ2n) is 4.60. The molecule has 1 N–H and O–H groups in total. The van der Waals surface area contributed by atoms with E-state index in [9.17, 15) is 9.18 Å². The number of methoxy groups -OCH3 is 1. The van der Waals surface area contributed by atoms with Crippen LogP contribution in [0.4, 0.5) is 4.39 Å². The summed E-state index contributed by atoms with van der Waals surface area (Å²) in [6.07, 6.45) is 0. The number of nitrogens with one attached hydrogen (secondary N) is 1. The van der Waals surface area contributed by atoms with E-state index in [1.165, 1.54) is 25.3 Å². The first-order chi connectivity index (χ1) is 10.0. The van der Waals surface area contributed by atoms with E-state index < -0.39 is 17.8 Å². The minimum Gasteiger partial charge on any atom is -0.468 e. The van der Waals surface area contributed by atoms with Crippen molar-refractivity contribution >= 4 is 17.6 Å². The van der Waals surface area contributed by atoms with Crippen LogP contribution in [0.1, 0.15) is 25.5 Å². The van der Waals surface area contributed by atoms with Crippen LogP contribution in [-0.4, -0.2) is 44.2 Å². The number of likely N-dealkylation sites (N-methyl/N-ethyl adjacent to an activating group) is 1. The van der Waals surface area contributed by atoms with Gasteiger partial charge in [0.25, 0.3) is 0 Å². The first kappa shape index (κ1) is 17.9. The summed E-state index contributed by atoms with van der Waals surface area (Å²) >= 11 is 6.02. The fraction of sp³-hybridized carbons (Fsp3) is 0.533. The monoisotopic (exact) mass is 316 g/mol. The Labute approximate surface area is 130 Å². The number of carbonyl (C=O) groups is 1. The molecule has 0 saturated heterocycles. The van der Waals surface area contributed by atoms with E-state index in [2.05, 4.69) is 24.1 Å². The highest BCUT2D eigenvalue weighted by Gasteiger charge is 2.23. The molecule has 0 aliphatic rings. The Hall–Kier alpha value is -1.17. The van der Waals surface area contributed by atoms with Crippen molar-refractivity contribution < 1.29 is 13.9 Å². The van der Waals surface area contributed by atoms with E-state index in [0.717, 1.165) is 19.6 Å². The lowest BCUT2D eigenvalue weighted by molar-refractivity contribution is -0.143. The van der Waals surface area contributed by atoms with Crippen LogP contribution < -0.4 is 5.32 Å². The predicted molar refractivity (Wildman–Crippen MR) is 82.0 cm³/mol. The molecule has 0 aliphatic heterocycles. The van der Waals surface area contributed by atoms with E-state index in [1.807, 2.05) is 0 Å². The summed E-state index contributed by atoms with van der Waals surface area (Å²) in [6.45, 7) is 7.46. The second kappa shape index (κ2) is 8.97. The molecule has 0 fully saturated rings. The molecule has 1 rings (SSSR count). The van der Waals surface area contributed by atoms with Crippen LogP contribution in [0.25, 0.3) is 0 Å². The van der Waals surface area contributed by atoms with Crippen LogP contribution in [0.5, 0.6) is 0 Å². The van der Waals surface area contributed by atoms with Crippen molar-refractivity contribution in [1.82, 2.24) is 10.2 Å². The number of ether oxygens (including phenoxy) is 1. The van der Waals surface area contributed by atoms with Gasteiger partial charge in [-0.2, -0.15) is 0 Å². The Kier molecular flexibility index (Phi) is 7.64. The molecule has 1 aromatic carbocycles. The van der Waals surface area contributed by atoms with Gasteiger partial charge in [0.2, 0.25) is 0 Å². The highest BCUT2D eigenvalue weighted by Crippen LogP contribution is 2.24. The Balaban J connectivity index is 2.79. The molecule has 1 atom stereocenters. The smallest absolute Gasteiger partial charge is 0.327 e. The maximum atomic E-state index is 13.1. The third-order valence-electron chi connectivity index (χ3n) is 3.38. The Morgan fingerprint density at radius 2 is 2.10 bits per heavy atom. The minimum atomic E-state index is -0.696. The fourth-order valence-electron chi connectivity index (χ4n) is 2.08. The van der Waals surface area contributed by atoms with Crippen LogP contribution in [0.15, 0.2) is 18.2 Å². The van der Waals surface area contributed by atoms with Crippen molar-refractivity contribution in [2.24, 2.45) is 0 Å². The lowest BCUT2D eigenvalue weighted by atomic mass is 10.1. The highest BCUT2D eigenvalue weighted by atomic mass is 35.5. The molecule has 0 heterocycles. The SMILES string of the molecule is CCN(CC)CCNC(C(=O)OC)c1ccc(F)cc1Cl. The third-order valence-corrected chi connectivity index (χ3v) is 3.71. The summed E-state index contributed by atoms with van der Waals surface area (Å²) in [5.74, 6) is -0.876. The van der Waals surface area contributed by atoms with Gasteiger partial charge < -0.3 is 9.64 Å². The van der Waals surface area contributed by atoms with E-state index >= 15 is 0 Å². The standard InChI is InChI=1S/C15H22ClFN2O2/c1-4-19(5-2)9-8-18-14(15(20)21-3)12-7-6-11(17)10-13(12)16/h6-7,10,14,18H,4-5,8-9H2,1-3H3. The molecule has 0 aliphatic carbocycles. The molecule has 1 unspecified atom stereocenters. The minimum absolute atomic E-state index is 0.209. The fourth-order valence-corrected chi connectivity index (χ4v) is 2.36. The zero-order valence-corrected chi connectivity index (χ0v) is 13.4. The molecule has 21 heavy (non-hydrogen) atoms. The molecular formula is C15H22ClFN2O2. The Morgan fingerprint density at radius 1 is 1.43 bits per heavy atom. The molecule has 0 amide bonds. The van der Waals surface area contributed by atoms with Gasteiger partial charge in [0.1, 0.15) is 11.9 Å². The third kappa shape index (κ3) is 5.26. The van der Waals surface area contributed by atoms with Gasteiger partial charge >= 0.3 is 5.97 Å². The average molecular weight is 317 g/mol. The van der Waals surface area contributed by atoms with Crippen molar-refractivity contribution in [3.05, 3.63) is 34.6 Å². The largest absolute Gasteiger partial charge is 0.468 e. The lowest BCUT2D eigenvalue weighted by Crippen LogP contribution is -2.37. The lowest BCUT2D eigenvalue weighted by Gasteiger charge is -2.22. The summed E-state index contributed by atoms with van der Waals surface area (Å²) < 4.78 is 17.9. The van der Waals surface area contributed by atoms with Gasteiger partial charge in [-0.05, 0) is 30.8 Å². The van der Waals surface area contributed by atoms with Crippen LogP contribution in [0.2, 0.25) is 5.02 Å². The quantitative estimate of drug-likeness (QED) is 0.749. The number of nitrogens with zero attached hydrogens (tertiary/aromatic N) is 1. The average Bonchev–Trinajstić information content (AvgIpc) is 2.48. The molecule has 0 radical (unpaired) electrons. The van der Waals surface area contributed by atoms with Crippen molar-refractivity contribution in [3.8, 4) is 0 Å². The summed E-state index contributed by atoms with van der Waals surface area (Å²) in [5.41, 5.74) is 0.518. The Bertz CT molecular complexity index is 467. The van der Waals surface area contributed by atoms with Gasteiger partial charge in [0.15, 0.2) is 0 Å². The zero-order chi connectivity index (χ0) is 15.8. The summed E-state index contributed by atoms with van der Waals surface area (Å²) in [5, 5.41) is 3.33. The van der Waals surface area contributed by atoms with Gasteiger partial charge in [0, 0.05) is 18.1 Å². The molecule has 1 aromatic rings. The maximum Gasteiger partial charge on any atom is 0.327 e. The van der Waals surface area contributed by atoms with Gasteiger partial charge in [-0.3, -0.25) is 5.32 Å². The van der Waals surface area contributed by atoms with E-state index in [0.29, 0.717) is 12.1 Å². The number of esters is 1. The number of benzene rings is 1. The molecule has 6 heteroatoms. The van der Waals surface area contributed by atoms with Crippen molar-refractivity contribution in [2.75, 3.05) is 33.3 Å². The number of hydrogen-bond acceptors (Lipinski definition) is 4. The normalized spacial score (nSPS) is 12.5. The first-order valence-electron chi connectivity index (χ1n) is 7.01. The highest BCUT2D eigenvalue weighted by molar-refractivity contribution is 6.31. The van der Waals surface area contributed by atoms with Crippen molar-refractivity contribution in [2.45, 2.75) is 19.9 Å². The molecule has 0 bridgehead atoms. The van der Waals surface area contributed by atoms with Gasteiger partial charge in [-0.25, -0.2) is 9.18 Å². The molecule has 4 nitrogen and oxygen atoms in total. The van der Waals surface area contributed by atoms with Crippen LogP contribution in [-0.2, 0) is 9.53 Å². The predicted octanol–water partition coefficient (Wildman–Crippen LogP) is 2.62. The van der Waals surface area contributed by atoms with Crippen LogP contribution >= 0.6 is 11.6 Å². The summed E-state index contributed by atoms with van der Waals surface area (Å²) in [4.78, 5) is 14.1. The van der Waals surface area contributed by atoms with Gasteiger partial charge in [-0.15, -0.1) is 0 Å². The summed E-state index contributed by atoms with van der Waals surface area (Å²) in [6, 6.07) is 3.28.